The number of amides is 1. The average molecular weight is 387 g/mol. The molecule has 2 aromatic rings. The van der Waals surface area contributed by atoms with Crippen LogP contribution in [0.1, 0.15) is 12.8 Å². The molecule has 0 radical (unpaired) electrons. The highest BCUT2D eigenvalue weighted by molar-refractivity contribution is 5.76. The van der Waals surface area contributed by atoms with Gasteiger partial charge in [0, 0.05) is 25.5 Å². The van der Waals surface area contributed by atoms with Gasteiger partial charge in [-0.25, -0.2) is 14.2 Å². The van der Waals surface area contributed by atoms with Crippen LogP contribution < -0.4 is 10.4 Å². The van der Waals surface area contributed by atoms with Crippen LogP contribution in [0.5, 0.6) is 5.75 Å². The minimum atomic E-state index is -0.637. The van der Waals surface area contributed by atoms with E-state index >= 15 is 0 Å². The number of nitrogens with zero attached hydrogens (tertiary/aromatic N) is 3. The van der Waals surface area contributed by atoms with Gasteiger partial charge in [0.05, 0.1) is 6.10 Å². The van der Waals surface area contributed by atoms with E-state index in [1.807, 2.05) is 0 Å². The van der Waals surface area contributed by atoms with Gasteiger partial charge in [-0.05, 0) is 55.0 Å². The lowest BCUT2D eigenvalue weighted by Gasteiger charge is -2.35. The van der Waals surface area contributed by atoms with E-state index in [2.05, 4.69) is 4.98 Å². The Morgan fingerprint density at radius 1 is 1.21 bits per heavy atom. The molecule has 7 nitrogen and oxygen atoms in total. The van der Waals surface area contributed by atoms with E-state index in [0.717, 1.165) is 0 Å². The Hall–Kier alpha value is -2.74. The van der Waals surface area contributed by atoms with Crippen molar-refractivity contribution < 1.29 is 19.0 Å². The van der Waals surface area contributed by atoms with Gasteiger partial charge in [0.2, 0.25) is 5.91 Å². The molecule has 2 fully saturated rings. The SMILES string of the molecule is O=C(Cn1cccnc1=O)N1C[C@H]2C[C@@H](Oc3ccc(F)cc3)[C@H](O)C[C@H]2C1. The fourth-order valence-electron chi connectivity index (χ4n) is 4.16. The molecular formula is C20H22FN3O4. The molecule has 0 spiro atoms. The molecule has 1 aromatic carbocycles. The van der Waals surface area contributed by atoms with Crippen LogP contribution in [0.25, 0.3) is 0 Å². The monoisotopic (exact) mass is 387 g/mol. The second kappa shape index (κ2) is 7.71. The maximum atomic E-state index is 13.1. The topological polar surface area (TPSA) is 84.7 Å². The van der Waals surface area contributed by atoms with E-state index in [-0.39, 0.29) is 36.2 Å². The number of ether oxygens (including phenoxy) is 1. The Morgan fingerprint density at radius 2 is 1.93 bits per heavy atom. The van der Waals surface area contributed by atoms with E-state index in [9.17, 15) is 19.1 Å². The van der Waals surface area contributed by atoms with Gasteiger partial charge < -0.3 is 14.7 Å². The molecule has 1 aromatic heterocycles. The molecule has 2 heterocycles. The Kier molecular flexibility index (Phi) is 5.13. The first kappa shape index (κ1) is 18.6. The number of hydrogen-bond donors (Lipinski definition) is 1. The van der Waals surface area contributed by atoms with Crippen molar-refractivity contribution in [3.05, 3.63) is 59.0 Å². The number of aromatic nitrogens is 2. The Bertz CT molecular complexity index is 901. The molecule has 1 aliphatic carbocycles. The molecule has 2 aliphatic rings. The molecule has 148 valence electrons. The van der Waals surface area contributed by atoms with Crippen LogP contribution in [-0.4, -0.2) is 50.8 Å². The number of aliphatic hydroxyl groups excluding tert-OH is 1. The predicted octanol–water partition coefficient (Wildman–Crippen LogP) is 1.06. The summed E-state index contributed by atoms with van der Waals surface area (Å²) >= 11 is 0. The minimum Gasteiger partial charge on any atom is -0.488 e. The first-order valence-electron chi connectivity index (χ1n) is 9.39. The second-order valence-corrected chi connectivity index (χ2v) is 7.50. The molecule has 1 aliphatic heterocycles. The molecule has 4 atom stereocenters. The lowest BCUT2D eigenvalue weighted by Crippen LogP contribution is -2.42. The molecule has 0 unspecified atom stereocenters. The number of aliphatic hydroxyl groups is 1. The number of carbonyl (C=O) groups is 1. The standard InChI is InChI=1S/C20H22FN3O4/c21-15-2-4-16(5-3-15)28-18-9-14-11-24(10-13(14)8-17(18)25)19(26)12-23-7-1-6-22-20(23)27/h1-7,13-14,17-18,25H,8-12H2/t13-,14+,17+,18+/m0/s1. The summed E-state index contributed by atoms with van der Waals surface area (Å²) in [4.78, 5) is 29.7. The fourth-order valence-corrected chi connectivity index (χ4v) is 4.16. The molecule has 1 N–H and O–H groups in total. The predicted molar refractivity (Wildman–Crippen MR) is 98.1 cm³/mol. The van der Waals surface area contributed by atoms with E-state index in [1.54, 1.807) is 29.3 Å². The van der Waals surface area contributed by atoms with Gasteiger partial charge in [0.25, 0.3) is 0 Å². The second-order valence-electron chi connectivity index (χ2n) is 7.50. The largest absolute Gasteiger partial charge is 0.488 e. The molecule has 4 rings (SSSR count). The maximum Gasteiger partial charge on any atom is 0.347 e. The van der Waals surface area contributed by atoms with Crippen molar-refractivity contribution in [1.82, 2.24) is 14.5 Å². The zero-order chi connectivity index (χ0) is 19.7. The summed E-state index contributed by atoms with van der Waals surface area (Å²) in [7, 11) is 0. The highest BCUT2D eigenvalue weighted by atomic mass is 19.1. The number of carbonyl (C=O) groups excluding carboxylic acids is 1. The van der Waals surface area contributed by atoms with Crippen LogP contribution in [0.15, 0.2) is 47.5 Å². The highest BCUT2D eigenvalue weighted by Gasteiger charge is 2.43. The smallest absolute Gasteiger partial charge is 0.347 e. The van der Waals surface area contributed by atoms with Crippen LogP contribution >= 0.6 is 0 Å². The summed E-state index contributed by atoms with van der Waals surface area (Å²) in [5.41, 5.74) is -0.448. The Balaban J connectivity index is 1.38. The van der Waals surface area contributed by atoms with Crippen LogP contribution in [0, 0.1) is 17.7 Å². The fraction of sp³-hybridized carbons (Fsp3) is 0.450. The normalized spacial score (nSPS) is 26.7. The molecule has 1 amide bonds. The summed E-state index contributed by atoms with van der Waals surface area (Å²) in [6.07, 6.45) is 3.10. The van der Waals surface area contributed by atoms with Gasteiger partial charge in [0.15, 0.2) is 0 Å². The van der Waals surface area contributed by atoms with Crippen molar-refractivity contribution in [2.75, 3.05) is 13.1 Å². The summed E-state index contributed by atoms with van der Waals surface area (Å²) in [5, 5.41) is 10.5. The lowest BCUT2D eigenvalue weighted by molar-refractivity contribution is -0.131. The first-order valence-corrected chi connectivity index (χ1v) is 9.39. The summed E-state index contributed by atoms with van der Waals surface area (Å²) in [5.74, 6) is 0.483. The number of hydrogen-bond acceptors (Lipinski definition) is 5. The number of fused-ring (bicyclic) bond motifs is 1. The van der Waals surface area contributed by atoms with Crippen molar-refractivity contribution in [2.45, 2.75) is 31.6 Å². The molecule has 1 saturated carbocycles. The Morgan fingerprint density at radius 3 is 2.64 bits per heavy atom. The Labute approximate surface area is 161 Å². The summed E-state index contributed by atoms with van der Waals surface area (Å²) in [6.45, 7) is 1.11. The number of benzene rings is 1. The molecule has 8 heteroatoms. The molecule has 28 heavy (non-hydrogen) atoms. The van der Waals surface area contributed by atoms with Gasteiger partial charge in [-0.15, -0.1) is 0 Å². The van der Waals surface area contributed by atoms with Crippen LogP contribution in [-0.2, 0) is 11.3 Å². The third kappa shape index (κ3) is 3.91. The third-order valence-electron chi connectivity index (χ3n) is 5.63. The first-order chi connectivity index (χ1) is 13.5. The van der Waals surface area contributed by atoms with E-state index in [4.69, 9.17) is 4.74 Å². The van der Waals surface area contributed by atoms with Crippen molar-refractivity contribution in [3.8, 4) is 5.75 Å². The van der Waals surface area contributed by atoms with E-state index in [1.165, 1.54) is 22.9 Å². The van der Waals surface area contributed by atoms with E-state index < -0.39 is 11.8 Å². The van der Waals surface area contributed by atoms with Crippen molar-refractivity contribution in [3.63, 3.8) is 0 Å². The van der Waals surface area contributed by atoms with Crippen molar-refractivity contribution >= 4 is 5.91 Å². The quantitative estimate of drug-likeness (QED) is 0.848. The average Bonchev–Trinajstić information content (AvgIpc) is 3.08. The van der Waals surface area contributed by atoms with Crippen molar-refractivity contribution in [1.29, 1.82) is 0 Å². The van der Waals surface area contributed by atoms with Gasteiger partial charge >= 0.3 is 5.69 Å². The molecule has 0 bridgehead atoms. The number of halogens is 1. The number of rotatable bonds is 4. The summed E-state index contributed by atoms with van der Waals surface area (Å²) < 4.78 is 20.2. The molecule has 1 saturated heterocycles. The van der Waals surface area contributed by atoms with Gasteiger partial charge in [-0.2, -0.15) is 0 Å². The van der Waals surface area contributed by atoms with Gasteiger partial charge in [0.1, 0.15) is 24.2 Å². The van der Waals surface area contributed by atoms with Crippen molar-refractivity contribution in [2.24, 2.45) is 11.8 Å². The van der Waals surface area contributed by atoms with Crippen LogP contribution in [0.3, 0.4) is 0 Å². The summed E-state index contributed by atoms with van der Waals surface area (Å²) in [6, 6.07) is 7.36. The van der Waals surface area contributed by atoms with Crippen LogP contribution in [0.2, 0.25) is 0 Å². The lowest BCUT2D eigenvalue weighted by atomic mass is 9.78. The highest BCUT2D eigenvalue weighted by Crippen LogP contribution is 2.38. The number of likely N-dealkylation sites (tertiary alicyclic amines) is 1. The van der Waals surface area contributed by atoms with Gasteiger partial charge in [-0.1, -0.05) is 0 Å². The molecular weight excluding hydrogens is 365 g/mol. The minimum absolute atomic E-state index is 0.0375. The zero-order valence-corrected chi connectivity index (χ0v) is 15.3. The van der Waals surface area contributed by atoms with Gasteiger partial charge in [-0.3, -0.25) is 9.36 Å². The third-order valence-corrected chi connectivity index (χ3v) is 5.63. The maximum absolute atomic E-state index is 13.1. The van der Waals surface area contributed by atoms with Crippen LogP contribution in [0.4, 0.5) is 4.39 Å². The zero-order valence-electron chi connectivity index (χ0n) is 15.3. The van der Waals surface area contributed by atoms with E-state index in [0.29, 0.717) is 31.7 Å².